The molecule has 6 rings (SSSR count). The van der Waals surface area contributed by atoms with Crippen LogP contribution in [0.5, 0.6) is 11.5 Å². The van der Waals surface area contributed by atoms with Crippen LogP contribution in [0.4, 0.5) is 0 Å². The standard InChI is InChI=1S/C17H20O.C13H14N2S.C9H9NO.C2H6/c1-5-17-13(3)10-16(11-14(17)4)18-15-8-6-12(2)7-9-15;1-10-3-5-12(6-4-10)9-16-13-14-8-7-11(2)15-13;1-7-10-8-5-3-2-4-6-9(8)11-7;1-2/h6-11H,5H2,1-4H3;3-8H,9H2,1-2H3;2-5H,6H2,1H3;1-2H3. The highest BCUT2D eigenvalue weighted by atomic mass is 32.2. The van der Waals surface area contributed by atoms with Crippen LogP contribution in [0.1, 0.15) is 77.2 Å². The zero-order chi connectivity index (χ0) is 34.2. The highest BCUT2D eigenvalue weighted by Crippen LogP contribution is 2.27. The summed E-state index contributed by atoms with van der Waals surface area (Å²) in [5, 5.41) is 0.848. The summed E-state index contributed by atoms with van der Waals surface area (Å²) < 4.78 is 11.3. The van der Waals surface area contributed by atoms with Crippen LogP contribution in [0.25, 0.3) is 6.08 Å². The molecule has 6 heteroatoms. The maximum atomic E-state index is 5.89. The van der Waals surface area contributed by atoms with Crippen molar-refractivity contribution in [3.05, 3.63) is 148 Å². The number of benzene rings is 3. The van der Waals surface area contributed by atoms with Gasteiger partial charge in [0.1, 0.15) is 23.0 Å². The van der Waals surface area contributed by atoms with E-state index >= 15 is 0 Å². The van der Waals surface area contributed by atoms with Gasteiger partial charge in [-0.25, -0.2) is 15.0 Å². The summed E-state index contributed by atoms with van der Waals surface area (Å²) in [6.45, 7) is 18.5. The van der Waals surface area contributed by atoms with Gasteiger partial charge in [0.2, 0.25) is 0 Å². The maximum absolute atomic E-state index is 5.89. The van der Waals surface area contributed by atoms with Gasteiger partial charge >= 0.3 is 0 Å². The van der Waals surface area contributed by atoms with E-state index in [-0.39, 0.29) is 0 Å². The number of ether oxygens (including phenoxy) is 1. The number of aryl methyl sites for hydroxylation is 6. The molecule has 2 aromatic heterocycles. The van der Waals surface area contributed by atoms with Gasteiger partial charge < -0.3 is 9.15 Å². The fourth-order valence-electron chi connectivity index (χ4n) is 4.80. The van der Waals surface area contributed by atoms with Crippen molar-refractivity contribution in [1.82, 2.24) is 15.0 Å². The van der Waals surface area contributed by atoms with Crippen LogP contribution in [0.15, 0.2) is 101 Å². The Morgan fingerprint density at radius 1 is 0.766 bits per heavy atom. The molecular weight excluding hydrogens is 599 g/mol. The maximum Gasteiger partial charge on any atom is 0.191 e. The highest BCUT2D eigenvalue weighted by molar-refractivity contribution is 7.98. The predicted molar refractivity (Wildman–Crippen MR) is 199 cm³/mol. The smallest absolute Gasteiger partial charge is 0.191 e. The Balaban J connectivity index is 0.000000191. The number of nitrogens with zero attached hydrogens (tertiary/aromatic N) is 3. The summed E-state index contributed by atoms with van der Waals surface area (Å²) >= 11 is 1.67. The number of oxazole rings is 1. The van der Waals surface area contributed by atoms with Gasteiger partial charge in [-0.3, -0.25) is 0 Å². The number of hydrogen-bond donors (Lipinski definition) is 0. The van der Waals surface area contributed by atoms with Gasteiger partial charge in [0.25, 0.3) is 0 Å². The summed E-state index contributed by atoms with van der Waals surface area (Å²) in [6, 6.07) is 22.9. The van der Waals surface area contributed by atoms with E-state index in [0.29, 0.717) is 0 Å². The highest BCUT2D eigenvalue weighted by Gasteiger charge is 2.07. The Kier molecular flexibility index (Phi) is 15.2. The van der Waals surface area contributed by atoms with E-state index in [9.17, 15) is 0 Å². The number of aromatic nitrogens is 3. The Morgan fingerprint density at radius 2 is 1.40 bits per heavy atom. The first-order valence-corrected chi connectivity index (χ1v) is 17.3. The molecule has 1 aliphatic rings. The Bertz CT molecular complexity index is 1710. The molecule has 0 amide bonds. The van der Waals surface area contributed by atoms with Crippen LogP contribution in [-0.2, 0) is 18.6 Å². The van der Waals surface area contributed by atoms with Crippen molar-refractivity contribution in [2.24, 2.45) is 0 Å². The van der Waals surface area contributed by atoms with E-state index in [1.54, 1.807) is 18.0 Å². The fourth-order valence-corrected chi connectivity index (χ4v) is 5.63. The van der Waals surface area contributed by atoms with Gasteiger partial charge in [-0.15, -0.1) is 0 Å². The van der Waals surface area contributed by atoms with Crippen LogP contribution in [-0.4, -0.2) is 15.0 Å². The molecule has 5 nitrogen and oxygen atoms in total. The number of rotatable bonds is 6. The first-order valence-electron chi connectivity index (χ1n) is 16.3. The Morgan fingerprint density at radius 3 is 2.02 bits per heavy atom. The van der Waals surface area contributed by atoms with Gasteiger partial charge in [0.15, 0.2) is 11.0 Å². The van der Waals surface area contributed by atoms with E-state index < -0.39 is 0 Å². The zero-order valence-corrected chi connectivity index (χ0v) is 30.2. The van der Waals surface area contributed by atoms with Gasteiger partial charge in [-0.1, -0.05) is 98.3 Å². The van der Waals surface area contributed by atoms with E-state index in [0.717, 1.165) is 58.3 Å². The molecule has 1 aliphatic carbocycles. The summed E-state index contributed by atoms with van der Waals surface area (Å²) in [5.74, 6) is 4.45. The van der Waals surface area contributed by atoms with Crippen molar-refractivity contribution in [3.63, 3.8) is 0 Å². The van der Waals surface area contributed by atoms with Crippen molar-refractivity contribution < 1.29 is 9.15 Å². The molecule has 0 saturated heterocycles. The Hall–Kier alpha value is -4.42. The normalized spacial score (nSPS) is 11.1. The van der Waals surface area contributed by atoms with Crippen molar-refractivity contribution in [2.45, 2.75) is 86.1 Å². The molecule has 3 aromatic carbocycles. The van der Waals surface area contributed by atoms with E-state index in [2.05, 4.69) is 104 Å². The number of thioether (sulfide) groups is 1. The van der Waals surface area contributed by atoms with E-state index in [4.69, 9.17) is 9.15 Å². The molecule has 0 spiro atoms. The quantitative estimate of drug-likeness (QED) is 0.135. The summed E-state index contributed by atoms with van der Waals surface area (Å²) in [7, 11) is 0. The second kappa shape index (κ2) is 19.3. The summed E-state index contributed by atoms with van der Waals surface area (Å²) in [4.78, 5) is 12.8. The molecule has 0 bridgehead atoms. The average molecular weight is 648 g/mol. The third-order valence-electron chi connectivity index (χ3n) is 7.18. The molecule has 246 valence electrons. The van der Waals surface area contributed by atoms with Crippen molar-refractivity contribution in [1.29, 1.82) is 0 Å². The molecule has 0 fully saturated rings. The molecule has 0 aliphatic heterocycles. The van der Waals surface area contributed by atoms with Crippen LogP contribution < -0.4 is 4.74 Å². The second-order valence-corrected chi connectivity index (χ2v) is 12.0. The average Bonchev–Trinajstić information content (AvgIpc) is 3.28. The topological polar surface area (TPSA) is 61.0 Å². The van der Waals surface area contributed by atoms with Gasteiger partial charge in [-0.05, 0) is 99.7 Å². The summed E-state index contributed by atoms with van der Waals surface area (Å²) in [5.41, 5.74) is 9.86. The van der Waals surface area contributed by atoms with Crippen LogP contribution >= 0.6 is 11.8 Å². The van der Waals surface area contributed by atoms with Crippen molar-refractivity contribution in [2.75, 3.05) is 0 Å². The van der Waals surface area contributed by atoms with Crippen molar-refractivity contribution in [3.8, 4) is 11.5 Å². The van der Waals surface area contributed by atoms with Gasteiger partial charge in [0.05, 0.1) is 0 Å². The molecule has 5 aromatic rings. The fraction of sp³-hybridized carbons (Fsp3) is 0.293. The minimum absolute atomic E-state index is 0.745. The minimum atomic E-state index is 0.745. The molecule has 0 N–H and O–H groups in total. The SMILES string of the molecule is CC.CCc1c(C)cc(Oc2ccc(C)cc2)cc1C.Cc1ccc(CSc2nccc(C)n2)cc1.Cc1nc2c(o1)CC=CC=C2. The van der Waals surface area contributed by atoms with E-state index in [1.165, 1.54) is 33.4 Å². The summed E-state index contributed by atoms with van der Waals surface area (Å²) in [6.07, 6.45) is 11.7. The number of hydrogen-bond acceptors (Lipinski definition) is 6. The molecule has 0 radical (unpaired) electrons. The molecule has 47 heavy (non-hydrogen) atoms. The second-order valence-electron chi connectivity index (χ2n) is 11.1. The third-order valence-corrected chi connectivity index (χ3v) is 8.11. The van der Waals surface area contributed by atoms with Crippen molar-refractivity contribution >= 4 is 17.8 Å². The zero-order valence-electron chi connectivity index (χ0n) is 29.4. The third kappa shape index (κ3) is 12.4. The van der Waals surface area contributed by atoms with Crippen LogP contribution in [0, 0.1) is 41.5 Å². The molecule has 2 heterocycles. The monoisotopic (exact) mass is 647 g/mol. The van der Waals surface area contributed by atoms with Gasteiger partial charge in [0, 0.05) is 31.0 Å². The van der Waals surface area contributed by atoms with Crippen LogP contribution in [0.3, 0.4) is 0 Å². The Labute approximate surface area is 286 Å². The lowest BCUT2D eigenvalue weighted by Gasteiger charge is -2.12. The first-order chi connectivity index (χ1) is 22.7. The largest absolute Gasteiger partial charge is 0.457 e. The lowest BCUT2D eigenvalue weighted by atomic mass is 10.0. The van der Waals surface area contributed by atoms with E-state index in [1.807, 2.05) is 64.1 Å². The molecule has 0 saturated carbocycles. The molecule has 0 unspecified atom stereocenters. The predicted octanol–water partition coefficient (Wildman–Crippen LogP) is 11.5. The van der Waals surface area contributed by atoms with Crippen LogP contribution in [0.2, 0.25) is 0 Å². The lowest BCUT2D eigenvalue weighted by molar-refractivity contribution is 0.481. The lowest BCUT2D eigenvalue weighted by Crippen LogP contribution is -1.93. The first kappa shape index (κ1) is 37.0. The molecule has 0 atom stereocenters. The minimum Gasteiger partial charge on any atom is -0.457 e. The van der Waals surface area contributed by atoms with Gasteiger partial charge in [-0.2, -0.15) is 0 Å². The molecular formula is C41H49N3O2S. The number of fused-ring (bicyclic) bond motifs is 1. The number of allylic oxidation sites excluding steroid dienone is 3.